The molecule has 1 aliphatic heterocycles. The van der Waals surface area contributed by atoms with Gasteiger partial charge in [-0.1, -0.05) is 6.42 Å². The third kappa shape index (κ3) is 3.26. The van der Waals surface area contributed by atoms with E-state index in [0.29, 0.717) is 23.8 Å². The smallest absolute Gasteiger partial charge is 0.256 e. The number of nitrogen functional groups attached to an aromatic ring is 1. The Morgan fingerprint density at radius 1 is 1.47 bits per heavy atom. The maximum Gasteiger partial charge on any atom is 0.256 e. The molecular weight excluding hydrogens is 242 g/mol. The molecule has 0 aliphatic carbocycles. The van der Waals surface area contributed by atoms with E-state index in [9.17, 15) is 4.79 Å². The number of nitrogens with zero attached hydrogens (tertiary/aromatic N) is 2. The van der Waals surface area contributed by atoms with Crippen LogP contribution >= 0.6 is 0 Å². The van der Waals surface area contributed by atoms with E-state index >= 15 is 0 Å². The Morgan fingerprint density at radius 2 is 2.16 bits per heavy atom. The van der Waals surface area contributed by atoms with Crippen molar-refractivity contribution in [3.05, 3.63) is 11.3 Å². The van der Waals surface area contributed by atoms with Crippen LogP contribution in [0.4, 0.5) is 5.82 Å². The van der Waals surface area contributed by atoms with Gasteiger partial charge in [0, 0.05) is 18.3 Å². The van der Waals surface area contributed by atoms with E-state index in [-0.39, 0.29) is 11.7 Å². The highest BCUT2D eigenvalue weighted by Crippen LogP contribution is 2.13. The number of likely N-dealkylation sites (tertiary alicyclic amines) is 1. The van der Waals surface area contributed by atoms with Crippen LogP contribution in [0.15, 0.2) is 0 Å². The zero-order valence-electron chi connectivity index (χ0n) is 11.7. The minimum atomic E-state index is -0.146. The van der Waals surface area contributed by atoms with Crippen LogP contribution in [0.1, 0.15) is 42.2 Å². The summed E-state index contributed by atoms with van der Waals surface area (Å²) >= 11 is 0. The highest BCUT2D eigenvalue weighted by atomic mass is 16.1. The summed E-state index contributed by atoms with van der Waals surface area (Å²) < 4.78 is 0. The third-order valence-electron chi connectivity index (χ3n) is 3.77. The van der Waals surface area contributed by atoms with Gasteiger partial charge in [-0.2, -0.15) is 5.10 Å². The summed E-state index contributed by atoms with van der Waals surface area (Å²) in [6, 6.07) is 0.359. The Kier molecular flexibility index (Phi) is 4.42. The zero-order valence-corrected chi connectivity index (χ0v) is 11.7. The molecule has 2 rings (SSSR count). The maximum absolute atomic E-state index is 12.1. The van der Waals surface area contributed by atoms with Gasteiger partial charge in [-0.25, -0.2) is 0 Å². The SMILES string of the molecule is Cc1[nH]nc(N)c1C(=O)NCC(C)N1CCCCC1. The number of nitrogens with one attached hydrogen (secondary N) is 2. The number of carbonyl (C=O) groups is 1. The van der Waals surface area contributed by atoms with E-state index in [2.05, 4.69) is 27.3 Å². The van der Waals surface area contributed by atoms with Crippen LogP contribution in [0.25, 0.3) is 0 Å². The molecule has 1 saturated heterocycles. The Hall–Kier alpha value is -1.56. The second-order valence-electron chi connectivity index (χ2n) is 5.26. The molecule has 1 aromatic heterocycles. The van der Waals surface area contributed by atoms with Crippen molar-refractivity contribution in [2.24, 2.45) is 0 Å². The summed E-state index contributed by atoms with van der Waals surface area (Å²) in [5, 5.41) is 9.50. The number of aryl methyl sites for hydroxylation is 1. The fourth-order valence-corrected chi connectivity index (χ4v) is 2.55. The maximum atomic E-state index is 12.1. The first-order valence-electron chi connectivity index (χ1n) is 6.92. The summed E-state index contributed by atoms with van der Waals surface area (Å²) in [4.78, 5) is 14.5. The van der Waals surface area contributed by atoms with E-state index in [1.165, 1.54) is 19.3 Å². The van der Waals surface area contributed by atoms with Crippen LogP contribution in [0.5, 0.6) is 0 Å². The number of hydrogen-bond donors (Lipinski definition) is 3. The minimum absolute atomic E-state index is 0.146. The Bertz CT molecular complexity index is 417. The quantitative estimate of drug-likeness (QED) is 0.755. The van der Waals surface area contributed by atoms with E-state index in [0.717, 1.165) is 13.1 Å². The molecule has 2 heterocycles. The van der Waals surface area contributed by atoms with Crippen LogP contribution in [0, 0.1) is 6.92 Å². The number of H-pyrrole nitrogens is 1. The van der Waals surface area contributed by atoms with Crippen LogP contribution in [-0.2, 0) is 0 Å². The molecule has 19 heavy (non-hydrogen) atoms. The number of carbonyl (C=O) groups excluding carboxylic acids is 1. The number of nitrogens with two attached hydrogens (primary N) is 1. The zero-order chi connectivity index (χ0) is 13.8. The Labute approximate surface area is 113 Å². The molecular formula is C13H23N5O. The first-order valence-corrected chi connectivity index (χ1v) is 6.92. The fourth-order valence-electron chi connectivity index (χ4n) is 2.55. The lowest BCUT2D eigenvalue weighted by Crippen LogP contribution is -2.44. The highest BCUT2D eigenvalue weighted by molar-refractivity contribution is 5.99. The van der Waals surface area contributed by atoms with Gasteiger partial charge >= 0.3 is 0 Å². The number of hydrogen-bond acceptors (Lipinski definition) is 4. The van der Waals surface area contributed by atoms with Crippen molar-refractivity contribution in [2.75, 3.05) is 25.4 Å². The topological polar surface area (TPSA) is 87.0 Å². The molecule has 1 aromatic rings. The average Bonchev–Trinajstić information content (AvgIpc) is 2.76. The molecule has 106 valence electrons. The van der Waals surface area contributed by atoms with Crippen molar-refractivity contribution in [1.82, 2.24) is 20.4 Å². The van der Waals surface area contributed by atoms with Crippen LogP contribution in [-0.4, -0.2) is 46.7 Å². The highest BCUT2D eigenvalue weighted by Gasteiger charge is 2.19. The van der Waals surface area contributed by atoms with E-state index in [1.807, 2.05) is 0 Å². The van der Waals surface area contributed by atoms with Crippen molar-refractivity contribution in [2.45, 2.75) is 39.2 Å². The van der Waals surface area contributed by atoms with Gasteiger partial charge in [-0.15, -0.1) is 0 Å². The molecule has 1 unspecified atom stereocenters. The number of rotatable bonds is 4. The summed E-state index contributed by atoms with van der Waals surface area (Å²) in [6.07, 6.45) is 3.83. The van der Waals surface area contributed by atoms with Gasteiger partial charge in [-0.3, -0.25) is 14.8 Å². The fraction of sp³-hybridized carbons (Fsp3) is 0.692. The van der Waals surface area contributed by atoms with Gasteiger partial charge in [0.05, 0.1) is 0 Å². The molecule has 6 heteroatoms. The van der Waals surface area contributed by atoms with Gasteiger partial charge in [-0.05, 0) is 39.8 Å². The molecule has 6 nitrogen and oxygen atoms in total. The van der Waals surface area contributed by atoms with Crippen LogP contribution in [0.3, 0.4) is 0 Å². The lowest BCUT2D eigenvalue weighted by Gasteiger charge is -2.32. The van der Waals surface area contributed by atoms with Crippen LogP contribution in [0.2, 0.25) is 0 Å². The second-order valence-corrected chi connectivity index (χ2v) is 5.26. The van der Waals surface area contributed by atoms with Crippen LogP contribution < -0.4 is 11.1 Å². The number of aromatic nitrogens is 2. The van der Waals surface area contributed by atoms with Crippen molar-refractivity contribution < 1.29 is 4.79 Å². The first kappa shape index (κ1) is 13.9. The van der Waals surface area contributed by atoms with Crippen molar-refractivity contribution in [1.29, 1.82) is 0 Å². The predicted octanol–water partition coefficient (Wildman–Crippen LogP) is 0.905. The Morgan fingerprint density at radius 3 is 2.74 bits per heavy atom. The normalized spacial score (nSPS) is 18.2. The number of aromatic amines is 1. The number of anilines is 1. The molecule has 0 saturated carbocycles. The van der Waals surface area contributed by atoms with Crippen molar-refractivity contribution >= 4 is 11.7 Å². The van der Waals surface area contributed by atoms with Gasteiger partial charge in [0.2, 0.25) is 0 Å². The molecule has 1 atom stereocenters. The molecule has 1 amide bonds. The van der Waals surface area contributed by atoms with Gasteiger partial charge in [0.1, 0.15) is 5.56 Å². The summed E-state index contributed by atoms with van der Waals surface area (Å²) in [5.74, 6) is 0.119. The standard InChI is InChI=1S/C13H23N5O/c1-9(18-6-4-3-5-7-18)8-15-13(19)11-10(2)16-17-12(11)14/h9H,3-8H2,1-2H3,(H,15,19)(H3,14,16,17). The van der Waals surface area contributed by atoms with E-state index < -0.39 is 0 Å². The number of amides is 1. The second kappa shape index (κ2) is 6.06. The van der Waals surface area contributed by atoms with Crippen molar-refractivity contribution in [3.63, 3.8) is 0 Å². The summed E-state index contributed by atoms with van der Waals surface area (Å²) in [6.45, 7) is 6.85. The molecule has 4 N–H and O–H groups in total. The Balaban J connectivity index is 1.86. The summed E-state index contributed by atoms with van der Waals surface area (Å²) in [5.41, 5.74) is 6.85. The van der Waals surface area contributed by atoms with Crippen molar-refractivity contribution in [3.8, 4) is 0 Å². The summed E-state index contributed by atoms with van der Waals surface area (Å²) in [7, 11) is 0. The molecule has 0 aromatic carbocycles. The molecule has 0 radical (unpaired) electrons. The van der Waals surface area contributed by atoms with Gasteiger partial charge in [0.15, 0.2) is 5.82 Å². The molecule has 1 aliphatic rings. The first-order chi connectivity index (χ1) is 9.09. The minimum Gasteiger partial charge on any atom is -0.382 e. The molecule has 1 fully saturated rings. The van der Waals surface area contributed by atoms with Gasteiger partial charge < -0.3 is 11.1 Å². The van der Waals surface area contributed by atoms with Gasteiger partial charge in [0.25, 0.3) is 5.91 Å². The number of piperidine rings is 1. The monoisotopic (exact) mass is 265 g/mol. The lowest BCUT2D eigenvalue weighted by atomic mass is 10.1. The van der Waals surface area contributed by atoms with E-state index in [4.69, 9.17) is 5.73 Å². The largest absolute Gasteiger partial charge is 0.382 e. The average molecular weight is 265 g/mol. The molecule has 0 bridgehead atoms. The van der Waals surface area contributed by atoms with E-state index in [1.54, 1.807) is 6.92 Å². The third-order valence-corrected chi connectivity index (χ3v) is 3.77. The predicted molar refractivity (Wildman–Crippen MR) is 75.0 cm³/mol. The lowest BCUT2D eigenvalue weighted by molar-refractivity contribution is 0.0930. The molecule has 0 spiro atoms.